The number of amides is 1. The Bertz CT molecular complexity index is 492. The molecule has 0 radical (unpaired) electrons. The van der Waals surface area contributed by atoms with Crippen molar-refractivity contribution in [1.82, 2.24) is 5.32 Å². The third-order valence-corrected chi connectivity index (χ3v) is 4.02. The van der Waals surface area contributed by atoms with Gasteiger partial charge in [-0.25, -0.2) is 4.39 Å². The summed E-state index contributed by atoms with van der Waals surface area (Å²) in [5, 5.41) is 12.8. The molecular formula is C15H19ClFNO3. The summed E-state index contributed by atoms with van der Waals surface area (Å²) in [6.45, 7) is 1.71. The SMILES string of the molecule is O=C(NCC[C@@H](O)C1CCOCC1)c1ccc(F)cc1Cl. The van der Waals surface area contributed by atoms with Gasteiger partial charge in [0.05, 0.1) is 16.7 Å². The second-order valence-electron chi connectivity index (χ2n) is 5.19. The highest BCUT2D eigenvalue weighted by molar-refractivity contribution is 6.33. The molecule has 1 amide bonds. The number of benzene rings is 1. The molecule has 116 valence electrons. The van der Waals surface area contributed by atoms with Crippen molar-refractivity contribution in [3.05, 3.63) is 34.6 Å². The van der Waals surface area contributed by atoms with E-state index in [2.05, 4.69) is 5.32 Å². The van der Waals surface area contributed by atoms with Crippen LogP contribution in [0.2, 0.25) is 5.02 Å². The zero-order chi connectivity index (χ0) is 15.2. The molecular weight excluding hydrogens is 297 g/mol. The van der Waals surface area contributed by atoms with Crippen LogP contribution in [-0.2, 0) is 4.74 Å². The van der Waals surface area contributed by atoms with Crippen LogP contribution in [0, 0.1) is 11.7 Å². The second-order valence-corrected chi connectivity index (χ2v) is 5.59. The molecule has 0 unspecified atom stereocenters. The average Bonchev–Trinajstić information content (AvgIpc) is 2.47. The monoisotopic (exact) mass is 315 g/mol. The van der Waals surface area contributed by atoms with Crippen LogP contribution in [0.15, 0.2) is 18.2 Å². The molecule has 1 saturated heterocycles. The fourth-order valence-corrected chi connectivity index (χ4v) is 2.69. The zero-order valence-electron chi connectivity index (χ0n) is 11.6. The van der Waals surface area contributed by atoms with E-state index in [1.807, 2.05) is 0 Å². The first kappa shape index (κ1) is 16.2. The number of rotatable bonds is 5. The molecule has 1 aromatic carbocycles. The Balaban J connectivity index is 1.78. The number of halogens is 2. The molecule has 6 heteroatoms. The van der Waals surface area contributed by atoms with Crippen molar-refractivity contribution in [2.75, 3.05) is 19.8 Å². The van der Waals surface area contributed by atoms with Gasteiger partial charge in [-0.05, 0) is 43.4 Å². The van der Waals surface area contributed by atoms with Crippen LogP contribution >= 0.6 is 11.6 Å². The lowest BCUT2D eigenvalue weighted by Gasteiger charge is -2.26. The molecule has 1 heterocycles. The molecule has 1 aromatic rings. The third kappa shape index (κ3) is 4.66. The highest BCUT2D eigenvalue weighted by Gasteiger charge is 2.22. The summed E-state index contributed by atoms with van der Waals surface area (Å²) < 4.78 is 18.2. The van der Waals surface area contributed by atoms with Gasteiger partial charge in [-0.2, -0.15) is 0 Å². The van der Waals surface area contributed by atoms with Crippen molar-refractivity contribution >= 4 is 17.5 Å². The van der Waals surface area contributed by atoms with Gasteiger partial charge in [0.2, 0.25) is 0 Å². The molecule has 0 aliphatic carbocycles. The smallest absolute Gasteiger partial charge is 0.252 e. The minimum absolute atomic E-state index is 0.0810. The van der Waals surface area contributed by atoms with E-state index in [-0.39, 0.29) is 22.4 Å². The Labute approximate surface area is 128 Å². The van der Waals surface area contributed by atoms with Crippen LogP contribution in [0.4, 0.5) is 4.39 Å². The first-order valence-corrected chi connectivity index (χ1v) is 7.45. The first-order chi connectivity index (χ1) is 10.1. The van der Waals surface area contributed by atoms with Gasteiger partial charge in [-0.15, -0.1) is 0 Å². The van der Waals surface area contributed by atoms with Crippen molar-refractivity contribution in [1.29, 1.82) is 0 Å². The predicted octanol–water partition coefficient (Wildman–Crippen LogP) is 2.39. The van der Waals surface area contributed by atoms with Gasteiger partial charge in [0.15, 0.2) is 0 Å². The molecule has 21 heavy (non-hydrogen) atoms. The fraction of sp³-hybridized carbons (Fsp3) is 0.533. The molecule has 2 N–H and O–H groups in total. The fourth-order valence-electron chi connectivity index (χ4n) is 2.44. The largest absolute Gasteiger partial charge is 0.393 e. The summed E-state index contributed by atoms with van der Waals surface area (Å²) in [4.78, 5) is 11.9. The van der Waals surface area contributed by atoms with E-state index in [1.165, 1.54) is 12.1 Å². The van der Waals surface area contributed by atoms with Crippen LogP contribution in [0.3, 0.4) is 0 Å². The van der Waals surface area contributed by atoms with E-state index in [0.717, 1.165) is 18.9 Å². The van der Waals surface area contributed by atoms with Crippen LogP contribution in [-0.4, -0.2) is 36.9 Å². The predicted molar refractivity (Wildman–Crippen MR) is 77.9 cm³/mol. The number of carbonyl (C=O) groups excluding carboxylic acids is 1. The maximum atomic E-state index is 12.9. The number of aliphatic hydroxyl groups is 1. The first-order valence-electron chi connectivity index (χ1n) is 7.07. The second kappa shape index (κ2) is 7.73. The molecule has 0 aromatic heterocycles. The Kier molecular flexibility index (Phi) is 5.96. The van der Waals surface area contributed by atoms with Crippen LogP contribution in [0.25, 0.3) is 0 Å². The number of aliphatic hydroxyl groups excluding tert-OH is 1. The molecule has 2 rings (SSSR count). The van der Waals surface area contributed by atoms with Crippen molar-refractivity contribution in [2.45, 2.75) is 25.4 Å². The summed E-state index contributed by atoms with van der Waals surface area (Å²) >= 11 is 5.82. The van der Waals surface area contributed by atoms with Gasteiger partial charge in [0.1, 0.15) is 5.82 Å². The quantitative estimate of drug-likeness (QED) is 0.877. The van der Waals surface area contributed by atoms with E-state index >= 15 is 0 Å². The van der Waals surface area contributed by atoms with E-state index in [4.69, 9.17) is 16.3 Å². The van der Waals surface area contributed by atoms with Gasteiger partial charge in [0.25, 0.3) is 5.91 Å². The Hall–Kier alpha value is -1.17. The minimum Gasteiger partial charge on any atom is -0.393 e. The number of ether oxygens (including phenoxy) is 1. The molecule has 0 saturated carbocycles. The zero-order valence-corrected chi connectivity index (χ0v) is 12.4. The summed E-state index contributed by atoms with van der Waals surface area (Å²) in [5.41, 5.74) is 0.235. The van der Waals surface area contributed by atoms with Gasteiger partial charge < -0.3 is 15.2 Å². The molecule has 1 atom stereocenters. The standard InChI is InChI=1S/C15H19ClFNO3/c16-13-9-11(17)1-2-12(13)15(20)18-6-3-14(19)10-4-7-21-8-5-10/h1-2,9-10,14,19H,3-8H2,(H,18,20)/t14-/m1/s1. The summed E-state index contributed by atoms with van der Waals surface area (Å²) in [6, 6.07) is 3.65. The van der Waals surface area contributed by atoms with Gasteiger partial charge in [0, 0.05) is 19.8 Å². The van der Waals surface area contributed by atoms with Crippen LogP contribution < -0.4 is 5.32 Å². The Morgan fingerprint density at radius 3 is 2.86 bits per heavy atom. The highest BCUT2D eigenvalue weighted by Crippen LogP contribution is 2.20. The van der Waals surface area contributed by atoms with Crippen molar-refractivity contribution in [3.8, 4) is 0 Å². The summed E-state index contributed by atoms with van der Waals surface area (Å²) in [6.07, 6.45) is 1.73. The topological polar surface area (TPSA) is 58.6 Å². The van der Waals surface area contributed by atoms with Crippen molar-refractivity contribution in [3.63, 3.8) is 0 Å². The van der Waals surface area contributed by atoms with E-state index in [0.29, 0.717) is 26.2 Å². The number of carbonyl (C=O) groups is 1. The third-order valence-electron chi connectivity index (χ3n) is 3.71. The summed E-state index contributed by atoms with van der Waals surface area (Å²) in [7, 11) is 0. The van der Waals surface area contributed by atoms with Gasteiger partial charge in [-0.3, -0.25) is 4.79 Å². The molecule has 1 aliphatic heterocycles. The van der Waals surface area contributed by atoms with Gasteiger partial charge >= 0.3 is 0 Å². The molecule has 0 bridgehead atoms. The highest BCUT2D eigenvalue weighted by atomic mass is 35.5. The van der Waals surface area contributed by atoms with Crippen LogP contribution in [0.1, 0.15) is 29.6 Å². The normalized spacial score (nSPS) is 17.5. The minimum atomic E-state index is -0.480. The van der Waals surface area contributed by atoms with Gasteiger partial charge in [-0.1, -0.05) is 11.6 Å². The van der Waals surface area contributed by atoms with Crippen LogP contribution in [0.5, 0.6) is 0 Å². The number of nitrogens with one attached hydrogen (secondary N) is 1. The van der Waals surface area contributed by atoms with Crippen molar-refractivity contribution < 1.29 is 19.0 Å². The number of hydrogen-bond acceptors (Lipinski definition) is 3. The lowest BCUT2D eigenvalue weighted by Crippen LogP contribution is -2.32. The summed E-state index contributed by atoms with van der Waals surface area (Å²) in [5.74, 6) is -0.615. The lowest BCUT2D eigenvalue weighted by molar-refractivity contribution is 0.00528. The number of hydrogen-bond donors (Lipinski definition) is 2. The molecule has 0 spiro atoms. The Morgan fingerprint density at radius 1 is 1.48 bits per heavy atom. The molecule has 4 nitrogen and oxygen atoms in total. The molecule has 1 fully saturated rings. The molecule has 1 aliphatic rings. The Morgan fingerprint density at radius 2 is 2.19 bits per heavy atom. The maximum Gasteiger partial charge on any atom is 0.252 e. The van der Waals surface area contributed by atoms with E-state index < -0.39 is 11.9 Å². The lowest BCUT2D eigenvalue weighted by atomic mass is 9.92. The average molecular weight is 316 g/mol. The van der Waals surface area contributed by atoms with E-state index in [9.17, 15) is 14.3 Å². The van der Waals surface area contributed by atoms with E-state index in [1.54, 1.807) is 0 Å². The van der Waals surface area contributed by atoms with Crippen molar-refractivity contribution in [2.24, 2.45) is 5.92 Å². The maximum absolute atomic E-state index is 12.9.